The lowest BCUT2D eigenvalue weighted by Crippen LogP contribution is -2.26. The van der Waals surface area contributed by atoms with Crippen LogP contribution in [0.5, 0.6) is 0 Å². The van der Waals surface area contributed by atoms with Gasteiger partial charge in [-0.1, -0.05) is 37.3 Å². The number of hydrogen-bond acceptors (Lipinski definition) is 10. The van der Waals surface area contributed by atoms with Crippen LogP contribution in [-0.4, -0.2) is 45.7 Å². The van der Waals surface area contributed by atoms with Crippen LogP contribution in [0.1, 0.15) is 24.6 Å². The monoisotopic (exact) mass is 532 g/mol. The molecule has 0 spiro atoms. The SMILES string of the molecule is Cc1nnc(-c2c(N)ncnc2N=CC(C)c2nc3cccc(-c4cnn(C)c4)c3c(=O)n2-c2ccccc2)o1. The fraction of sp³-hybridized carbons (Fsp3) is 0.143. The molecule has 0 saturated heterocycles. The highest BCUT2D eigenvalue weighted by atomic mass is 16.4. The van der Waals surface area contributed by atoms with Gasteiger partial charge in [0.1, 0.15) is 23.5 Å². The second-order valence-corrected chi connectivity index (χ2v) is 9.20. The Morgan fingerprint density at radius 1 is 1.07 bits per heavy atom. The summed E-state index contributed by atoms with van der Waals surface area (Å²) in [5.41, 5.74) is 9.10. The maximum atomic E-state index is 14.2. The highest BCUT2D eigenvalue weighted by Crippen LogP contribution is 2.32. The molecular formula is C28H24N10O2. The number of anilines is 1. The number of aryl methyl sites for hydroxylation is 2. The van der Waals surface area contributed by atoms with Crippen molar-refractivity contribution < 1.29 is 4.42 Å². The number of para-hydroxylation sites is 1. The van der Waals surface area contributed by atoms with Crippen LogP contribution in [0.15, 0.2) is 81.5 Å². The first-order chi connectivity index (χ1) is 19.4. The molecule has 6 aromatic rings. The van der Waals surface area contributed by atoms with Crippen molar-refractivity contribution >= 4 is 28.8 Å². The first-order valence-corrected chi connectivity index (χ1v) is 12.5. The molecule has 0 radical (unpaired) electrons. The van der Waals surface area contributed by atoms with Gasteiger partial charge in [-0.25, -0.2) is 19.9 Å². The normalized spacial score (nSPS) is 12.4. The van der Waals surface area contributed by atoms with Gasteiger partial charge < -0.3 is 10.2 Å². The minimum Gasteiger partial charge on any atom is -0.421 e. The smallest absolute Gasteiger partial charge is 0.266 e. The van der Waals surface area contributed by atoms with E-state index in [9.17, 15) is 4.79 Å². The molecule has 0 bridgehead atoms. The largest absolute Gasteiger partial charge is 0.421 e. The summed E-state index contributed by atoms with van der Waals surface area (Å²) in [6, 6.07) is 15.0. The molecule has 4 aromatic heterocycles. The van der Waals surface area contributed by atoms with Crippen molar-refractivity contribution in [1.82, 2.24) is 39.5 Å². The Hall–Kier alpha value is -5.52. The Morgan fingerprint density at radius 3 is 2.62 bits per heavy atom. The summed E-state index contributed by atoms with van der Waals surface area (Å²) in [5.74, 6) is 1.06. The molecular weight excluding hydrogens is 508 g/mol. The first kappa shape index (κ1) is 24.8. The molecule has 0 amide bonds. The van der Waals surface area contributed by atoms with E-state index in [1.165, 1.54) is 6.33 Å². The Morgan fingerprint density at radius 2 is 1.90 bits per heavy atom. The first-order valence-electron chi connectivity index (χ1n) is 12.5. The van der Waals surface area contributed by atoms with E-state index < -0.39 is 5.92 Å². The van der Waals surface area contributed by atoms with Crippen LogP contribution in [0.2, 0.25) is 0 Å². The predicted octanol–water partition coefficient (Wildman–Crippen LogP) is 4.02. The quantitative estimate of drug-likeness (QED) is 0.313. The third-order valence-electron chi connectivity index (χ3n) is 6.38. The maximum Gasteiger partial charge on any atom is 0.266 e. The van der Waals surface area contributed by atoms with Gasteiger partial charge in [0.25, 0.3) is 11.4 Å². The van der Waals surface area contributed by atoms with Crippen molar-refractivity contribution in [3.8, 4) is 28.3 Å². The molecule has 1 unspecified atom stereocenters. The molecule has 0 aliphatic heterocycles. The number of fused-ring (bicyclic) bond motifs is 1. The number of aromatic nitrogens is 8. The highest BCUT2D eigenvalue weighted by molar-refractivity contribution is 5.94. The van der Waals surface area contributed by atoms with Gasteiger partial charge in [0.15, 0.2) is 5.82 Å². The Labute approximate surface area is 227 Å². The van der Waals surface area contributed by atoms with Gasteiger partial charge >= 0.3 is 0 Å². The summed E-state index contributed by atoms with van der Waals surface area (Å²) in [7, 11) is 1.84. The van der Waals surface area contributed by atoms with Crippen molar-refractivity contribution in [2.24, 2.45) is 12.0 Å². The molecule has 2 N–H and O–H groups in total. The summed E-state index contributed by atoms with van der Waals surface area (Å²) in [5, 5.41) is 12.7. The topological polar surface area (TPSA) is 156 Å². The zero-order valence-corrected chi connectivity index (χ0v) is 21.9. The molecule has 1 atom stereocenters. The third kappa shape index (κ3) is 4.41. The number of hydrogen-bond donors (Lipinski definition) is 1. The van der Waals surface area contributed by atoms with E-state index in [1.807, 2.05) is 68.7 Å². The zero-order chi connectivity index (χ0) is 27.8. The van der Waals surface area contributed by atoms with Crippen LogP contribution < -0.4 is 11.3 Å². The molecule has 2 aromatic carbocycles. The predicted molar refractivity (Wildman–Crippen MR) is 151 cm³/mol. The number of rotatable bonds is 6. The van der Waals surface area contributed by atoms with E-state index >= 15 is 0 Å². The zero-order valence-electron chi connectivity index (χ0n) is 21.9. The Bertz CT molecular complexity index is 1940. The highest BCUT2D eigenvalue weighted by Gasteiger charge is 2.21. The van der Waals surface area contributed by atoms with E-state index in [-0.39, 0.29) is 23.1 Å². The molecule has 0 saturated carbocycles. The fourth-order valence-corrected chi connectivity index (χ4v) is 4.52. The summed E-state index contributed by atoms with van der Waals surface area (Å²) in [6.45, 7) is 3.58. The Balaban J connectivity index is 1.51. The number of nitrogens with zero attached hydrogens (tertiary/aromatic N) is 9. The van der Waals surface area contributed by atoms with Gasteiger partial charge in [-0.2, -0.15) is 5.10 Å². The molecule has 0 fully saturated rings. The van der Waals surface area contributed by atoms with Gasteiger partial charge in [-0.3, -0.25) is 14.0 Å². The van der Waals surface area contributed by atoms with Gasteiger partial charge in [0.2, 0.25) is 5.89 Å². The van der Waals surface area contributed by atoms with Crippen molar-refractivity contribution in [3.05, 3.63) is 89.3 Å². The summed E-state index contributed by atoms with van der Waals surface area (Å²) in [6.07, 6.45) is 6.58. The number of aliphatic imine (C=N–C) groups is 1. The van der Waals surface area contributed by atoms with Crippen molar-refractivity contribution in [2.45, 2.75) is 19.8 Å². The summed E-state index contributed by atoms with van der Waals surface area (Å²) < 4.78 is 8.88. The van der Waals surface area contributed by atoms with Gasteiger partial charge in [0, 0.05) is 31.9 Å². The van der Waals surface area contributed by atoms with Crippen LogP contribution in [-0.2, 0) is 7.05 Å². The summed E-state index contributed by atoms with van der Waals surface area (Å²) >= 11 is 0. The van der Waals surface area contributed by atoms with Gasteiger partial charge in [-0.15, -0.1) is 10.2 Å². The molecule has 12 nitrogen and oxygen atoms in total. The molecule has 12 heteroatoms. The second-order valence-electron chi connectivity index (χ2n) is 9.20. The Kier molecular flexibility index (Phi) is 6.19. The van der Waals surface area contributed by atoms with Gasteiger partial charge in [-0.05, 0) is 23.8 Å². The van der Waals surface area contributed by atoms with Crippen molar-refractivity contribution in [3.63, 3.8) is 0 Å². The average molecular weight is 533 g/mol. The minimum absolute atomic E-state index is 0.159. The molecule has 4 heterocycles. The summed E-state index contributed by atoms with van der Waals surface area (Å²) in [4.78, 5) is 32.1. The maximum absolute atomic E-state index is 14.2. The van der Waals surface area contributed by atoms with Crippen LogP contribution in [0.25, 0.3) is 39.2 Å². The van der Waals surface area contributed by atoms with Crippen molar-refractivity contribution in [1.29, 1.82) is 0 Å². The minimum atomic E-state index is -0.409. The van der Waals surface area contributed by atoms with E-state index in [4.69, 9.17) is 15.1 Å². The third-order valence-corrected chi connectivity index (χ3v) is 6.38. The van der Waals surface area contributed by atoms with Crippen LogP contribution >= 0.6 is 0 Å². The molecule has 40 heavy (non-hydrogen) atoms. The standard InChI is InChI=1S/C28H24N10O2/c1-16(12-30-25-23(24(29)31-15-32-25)27-36-35-17(2)40-27)26-34-21-11-7-10-20(18-13-33-37(3)14-18)22(21)28(39)38(26)19-8-5-4-6-9-19/h4-16H,1-3H3,(H2,29,31,32). The van der Waals surface area contributed by atoms with Crippen LogP contribution in [0.3, 0.4) is 0 Å². The van der Waals surface area contributed by atoms with E-state index in [0.29, 0.717) is 33.9 Å². The average Bonchev–Trinajstić information content (AvgIpc) is 3.59. The van der Waals surface area contributed by atoms with Gasteiger partial charge in [0.05, 0.1) is 28.7 Å². The van der Waals surface area contributed by atoms with E-state index in [1.54, 1.807) is 28.6 Å². The number of nitrogens with two attached hydrogens (primary N) is 1. The second kappa shape index (κ2) is 9.98. The van der Waals surface area contributed by atoms with E-state index in [0.717, 1.165) is 11.1 Å². The lowest BCUT2D eigenvalue weighted by molar-refractivity contribution is 0.533. The molecule has 198 valence electrons. The lowest BCUT2D eigenvalue weighted by Gasteiger charge is -2.17. The molecule has 0 aliphatic carbocycles. The van der Waals surface area contributed by atoms with Crippen molar-refractivity contribution in [2.75, 3.05) is 5.73 Å². The van der Waals surface area contributed by atoms with Crippen LogP contribution in [0, 0.1) is 6.92 Å². The lowest BCUT2D eigenvalue weighted by atomic mass is 10.0. The number of nitrogen functional groups attached to an aromatic ring is 1. The van der Waals surface area contributed by atoms with Crippen LogP contribution in [0.4, 0.5) is 11.6 Å². The fourth-order valence-electron chi connectivity index (χ4n) is 4.52. The number of benzene rings is 2. The van der Waals surface area contributed by atoms with E-state index in [2.05, 4.69) is 30.3 Å². The molecule has 6 rings (SSSR count). The molecule has 0 aliphatic rings.